The lowest BCUT2D eigenvalue weighted by atomic mass is 10.0. The van der Waals surface area contributed by atoms with Gasteiger partial charge in [-0.05, 0) is 31.5 Å². The Morgan fingerprint density at radius 1 is 1.47 bits per heavy atom. The van der Waals surface area contributed by atoms with Crippen molar-refractivity contribution in [3.05, 3.63) is 38.9 Å². The minimum atomic E-state index is -0.450. The highest BCUT2D eigenvalue weighted by molar-refractivity contribution is 6.30. The fourth-order valence-electron chi connectivity index (χ4n) is 1.48. The second-order valence-electron chi connectivity index (χ2n) is 3.50. The number of rotatable bonds is 5. The lowest BCUT2D eigenvalue weighted by molar-refractivity contribution is -0.385. The molecular weight excluding hydrogens is 265 g/mol. The summed E-state index contributed by atoms with van der Waals surface area (Å²) >= 11 is 5.80. The van der Waals surface area contributed by atoms with Gasteiger partial charge in [0, 0.05) is 22.7 Å². The van der Waals surface area contributed by atoms with Crippen molar-refractivity contribution in [3.8, 4) is 0 Å². The molecule has 7 heteroatoms. The smallest absolute Gasteiger partial charge is 0.274 e. The van der Waals surface area contributed by atoms with Gasteiger partial charge in [0.25, 0.3) is 5.69 Å². The third kappa shape index (κ3) is 4.47. The lowest BCUT2D eigenvalue weighted by Crippen LogP contribution is -2.14. The van der Waals surface area contributed by atoms with Gasteiger partial charge in [0.2, 0.25) is 0 Å². The summed E-state index contributed by atoms with van der Waals surface area (Å²) < 4.78 is 0. The Labute approximate surface area is 111 Å². The van der Waals surface area contributed by atoms with E-state index in [-0.39, 0.29) is 18.1 Å². The van der Waals surface area contributed by atoms with E-state index in [1.807, 2.05) is 0 Å². The highest BCUT2D eigenvalue weighted by atomic mass is 35.5. The zero-order valence-electron chi connectivity index (χ0n) is 9.14. The number of nitro groups is 1. The average Bonchev–Trinajstić information content (AvgIpc) is 2.25. The van der Waals surface area contributed by atoms with Crippen molar-refractivity contribution >= 4 is 29.7 Å². The van der Waals surface area contributed by atoms with Crippen LogP contribution in [0.3, 0.4) is 0 Å². The van der Waals surface area contributed by atoms with E-state index in [0.717, 1.165) is 6.42 Å². The second-order valence-corrected chi connectivity index (χ2v) is 3.93. The largest absolute Gasteiger partial charge is 0.330 e. The number of halogens is 2. The summed E-state index contributed by atoms with van der Waals surface area (Å²) in [5.74, 6) is 0. The molecule has 0 unspecified atom stereocenters. The molecule has 0 heterocycles. The Balaban J connectivity index is 0.00000256. The minimum absolute atomic E-state index is 0. The Hall–Kier alpha value is -0.880. The van der Waals surface area contributed by atoms with E-state index >= 15 is 0 Å². The highest BCUT2D eigenvalue weighted by Gasteiger charge is 2.19. The van der Waals surface area contributed by atoms with Gasteiger partial charge in [0.05, 0.1) is 4.92 Å². The first-order valence-electron chi connectivity index (χ1n) is 4.95. The SMILES string of the molecule is Cl.NCCC[C@@H](N)c1cc(Cl)ccc1[N+](=O)[O-]. The first-order valence-corrected chi connectivity index (χ1v) is 5.33. The predicted octanol–water partition coefficient (Wildman–Crippen LogP) is 2.41. The maximum Gasteiger partial charge on any atom is 0.274 e. The second kappa shape index (κ2) is 7.45. The van der Waals surface area contributed by atoms with Crippen LogP contribution in [0.1, 0.15) is 24.4 Å². The van der Waals surface area contributed by atoms with Crippen LogP contribution in [0.15, 0.2) is 18.2 Å². The van der Waals surface area contributed by atoms with E-state index in [0.29, 0.717) is 23.6 Å². The molecule has 0 aliphatic rings. The molecule has 1 atom stereocenters. The van der Waals surface area contributed by atoms with Crippen LogP contribution in [0.25, 0.3) is 0 Å². The van der Waals surface area contributed by atoms with E-state index in [1.54, 1.807) is 6.07 Å². The Bertz CT molecular complexity index is 388. The lowest BCUT2D eigenvalue weighted by Gasteiger charge is -2.11. The summed E-state index contributed by atoms with van der Waals surface area (Å²) in [5.41, 5.74) is 11.7. The number of nitrogens with zero attached hydrogens (tertiary/aromatic N) is 1. The monoisotopic (exact) mass is 279 g/mol. The van der Waals surface area contributed by atoms with Gasteiger partial charge in [-0.15, -0.1) is 12.4 Å². The van der Waals surface area contributed by atoms with Crippen LogP contribution >= 0.6 is 24.0 Å². The van der Waals surface area contributed by atoms with Crippen molar-refractivity contribution in [2.45, 2.75) is 18.9 Å². The van der Waals surface area contributed by atoms with Crippen LogP contribution < -0.4 is 11.5 Å². The van der Waals surface area contributed by atoms with Gasteiger partial charge in [-0.2, -0.15) is 0 Å². The standard InChI is InChI=1S/C10H14ClN3O2.ClH/c11-7-3-4-10(14(15)16)8(6-7)9(13)2-1-5-12;/h3-4,6,9H,1-2,5,12-13H2;1H/t9-;/m1./s1. The summed E-state index contributed by atoms with van der Waals surface area (Å²) in [7, 11) is 0. The summed E-state index contributed by atoms with van der Waals surface area (Å²) in [5, 5.41) is 11.2. The average molecular weight is 280 g/mol. The number of hydrogen-bond acceptors (Lipinski definition) is 4. The molecule has 0 amide bonds. The molecule has 5 nitrogen and oxygen atoms in total. The predicted molar refractivity (Wildman–Crippen MR) is 70.6 cm³/mol. The zero-order chi connectivity index (χ0) is 12.1. The molecule has 0 bridgehead atoms. The van der Waals surface area contributed by atoms with Gasteiger partial charge in [-0.3, -0.25) is 10.1 Å². The molecule has 17 heavy (non-hydrogen) atoms. The van der Waals surface area contributed by atoms with E-state index in [1.165, 1.54) is 12.1 Å². The van der Waals surface area contributed by atoms with Gasteiger partial charge in [-0.25, -0.2) is 0 Å². The Morgan fingerprint density at radius 3 is 2.65 bits per heavy atom. The Kier molecular flexibility index (Phi) is 7.06. The van der Waals surface area contributed by atoms with Crippen LogP contribution in [-0.2, 0) is 0 Å². The maximum absolute atomic E-state index is 10.8. The molecule has 0 saturated carbocycles. The summed E-state index contributed by atoms with van der Waals surface area (Å²) in [6, 6.07) is 4.00. The third-order valence-electron chi connectivity index (χ3n) is 2.30. The number of hydrogen-bond donors (Lipinski definition) is 2. The van der Waals surface area contributed by atoms with Crippen molar-refractivity contribution in [3.63, 3.8) is 0 Å². The van der Waals surface area contributed by atoms with Crippen LogP contribution in [0.2, 0.25) is 5.02 Å². The topological polar surface area (TPSA) is 95.2 Å². The fraction of sp³-hybridized carbons (Fsp3) is 0.400. The van der Waals surface area contributed by atoms with Crippen molar-refractivity contribution in [1.29, 1.82) is 0 Å². The quantitative estimate of drug-likeness (QED) is 0.639. The molecule has 0 aromatic heterocycles. The van der Waals surface area contributed by atoms with Gasteiger partial charge in [-0.1, -0.05) is 11.6 Å². The van der Waals surface area contributed by atoms with Gasteiger partial charge < -0.3 is 11.5 Å². The molecule has 0 aliphatic carbocycles. The molecule has 4 N–H and O–H groups in total. The van der Waals surface area contributed by atoms with Crippen molar-refractivity contribution < 1.29 is 4.92 Å². The molecule has 96 valence electrons. The van der Waals surface area contributed by atoms with Crippen LogP contribution in [0.5, 0.6) is 0 Å². The first-order chi connectivity index (χ1) is 7.56. The van der Waals surface area contributed by atoms with Gasteiger partial charge >= 0.3 is 0 Å². The van der Waals surface area contributed by atoms with Crippen LogP contribution in [0.4, 0.5) is 5.69 Å². The number of nitro benzene ring substituents is 1. The van der Waals surface area contributed by atoms with E-state index in [9.17, 15) is 10.1 Å². The van der Waals surface area contributed by atoms with Crippen molar-refractivity contribution in [2.75, 3.05) is 6.54 Å². The summed E-state index contributed by atoms with van der Waals surface area (Å²) in [6.45, 7) is 0.516. The molecular formula is C10H15Cl2N3O2. The molecule has 0 spiro atoms. The van der Waals surface area contributed by atoms with Crippen LogP contribution in [0, 0.1) is 10.1 Å². The maximum atomic E-state index is 10.8. The van der Waals surface area contributed by atoms with Crippen molar-refractivity contribution in [2.24, 2.45) is 11.5 Å². The van der Waals surface area contributed by atoms with Crippen LogP contribution in [-0.4, -0.2) is 11.5 Å². The summed E-state index contributed by atoms with van der Waals surface area (Å²) in [6.07, 6.45) is 1.34. The van der Waals surface area contributed by atoms with E-state index in [2.05, 4.69) is 0 Å². The minimum Gasteiger partial charge on any atom is -0.330 e. The van der Waals surface area contributed by atoms with Gasteiger partial charge in [0.1, 0.15) is 0 Å². The van der Waals surface area contributed by atoms with E-state index in [4.69, 9.17) is 23.1 Å². The third-order valence-corrected chi connectivity index (χ3v) is 2.54. The summed E-state index contributed by atoms with van der Waals surface area (Å²) in [4.78, 5) is 10.3. The molecule has 0 aliphatic heterocycles. The van der Waals surface area contributed by atoms with Gasteiger partial charge in [0.15, 0.2) is 0 Å². The molecule has 0 fully saturated rings. The molecule has 0 radical (unpaired) electrons. The number of nitrogens with two attached hydrogens (primary N) is 2. The normalized spacial score (nSPS) is 11.7. The molecule has 0 saturated heterocycles. The zero-order valence-corrected chi connectivity index (χ0v) is 10.7. The molecule has 1 aromatic rings. The fourth-order valence-corrected chi connectivity index (χ4v) is 1.66. The Morgan fingerprint density at radius 2 is 2.12 bits per heavy atom. The first kappa shape index (κ1) is 16.1. The van der Waals surface area contributed by atoms with E-state index < -0.39 is 11.0 Å². The molecule has 1 rings (SSSR count). The highest BCUT2D eigenvalue weighted by Crippen LogP contribution is 2.29. The number of benzene rings is 1. The van der Waals surface area contributed by atoms with Crippen molar-refractivity contribution in [1.82, 2.24) is 0 Å². The molecule has 1 aromatic carbocycles.